The number of methoxy groups -OCH3 is 2. The predicted octanol–water partition coefficient (Wildman–Crippen LogP) is 1.75. The molecular formula is C15H15N5O3. The Kier molecular flexibility index (Phi) is 3.03. The quantitative estimate of drug-likeness (QED) is 0.923. The van der Waals surface area contributed by atoms with Crippen LogP contribution >= 0.6 is 0 Å². The molecule has 1 N–H and O–H groups in total. The maximum absolute atomic E-state index is 12.6. The summed E-state index contributed by atoms with van der Waals surface area (Å²) in [6.07, 6.45) is 3.69. The lowest BCUT2D eigenvalue weighted by Gasteiger charge is -2.23. The molecule has 1 aliphatic carbocycles. The average molecular weight is 313 g/mol. The first-order valence-electron chi connectivity index (χ1n) is 7.28. The number of pyridine rings is 1. The van der Waals surface area contributed by atoms with Crippen LogP contribution in [0.2, 0.25) is 0 Å². The minimum Gasteiger partial charge on any atom is -0.479 e. The zero-order valence-corrected chi connectivity index (χ0v) is 12.7. The molecule has 0 saturated heterocycles. The third kappa shape index (κ3) is 2.14. The number of nitrogens with zero attached hydrogens (tertiary/aromatic N) is 4. The zero-order valence-electron chi connectivity index (χ0n) is 12.7. The fraction of sp³-hybridized carbons (Fsp3) is 0.333. The van der Waals surface area contributed by atoms with E-state index in [9.17, 15) is 4.79 Å². The molecule has 0 spiro atoms. The number of amides is 1. The van der Waals surface area contributed by atoms with Gasteiger partial charge in [0, 0.05) is 12.2 Å². The number of fused-ring (bicyclic) bond motifs is 2. The first-order chi connectivity index (χ1) is 11.2. The standard InChI is InChI=1S/C15H15N5O3/c1-22-14-10-12(18-15(19-14)23-2)20(8-5-6-8)11-9(13(21)17-10)4-3-7-16-11/h3-4,7-8H,5-6H2,1-2H3,(H,17,21). The third-order valence-electron chi connectivity index (χ3n) is 3.85. The van der Waals surface area contributed by atoms with Crippen molar-refractivity contribution in [3.05, 3.63) is 23.9 Å². The Morgan fingerprint density at radius 3 is 2.74 bits per heavy atom. The molecule has 1 saturated carbocycles. The summed E-state index contributed by atoms with van der Waals surface area (Å²) in [4.78, 5) is 27.5. The van der Waals surface area contributed by atoms with Crippen LogP contribution in [0.4, 0.5) is 17.3 Å². The molecule has 1 aliphatic heterocycles. The summed E-state index contributed by atoms with van der Waals surface area (Å²) in [6, 6.07) is 3.92. The van der Waals surface area contributed by atoms with E-state index in [1.54, 1.807) is 18.3 Å². The Balaban J connectivity index is 1.99. The van der Waals surface area contributed by atoms with Crippen LogP contribution in [-0.2, 0) is 0 Å². The zero-order chi connectivity index (χ0) is 16.0. The SMILES string of the molecule is COc1nc(OC)c2c(n1)N(C1CC1)c1ncccc1C(=O)N2. The minimum absolute atomic E-state index is 0.180. The second-order valence-corrected chi connectivity index (χ2v) is 5.35. The van der Waals surface area contributed by atoms with Gasteiger partial charge in [0.15, 0.2) is 5.82 Å². The number of rotatable bonds is 3. The maximum atomic E-state index is 12.6. The first-order valence-corrected chi connectivity index (χ1v) is 7.28. The molecule has 1 amide bonds. The van der Waals surface area contributed by atoms with Crippen LogP contribution in [0.5, 0.6) is 11.9 Å². The number of carbonyl (C=O) groups is 1. The number of anilines is 3. The van der Waals surface area contributed by atoms with Crippen LogP contribution in [0.15, 0.2) is 18.3 Å². The Morgan fingerprint density at radius 1 is 1.22 bits per heavy atom. The first kappa shape index (κ1) is 13.7. The molecule has 2 aliphatic rings. The molecule has 0 bridgehead atoms. The summed E-state index contributed by atoms with van der Waals surface area (Å²) < 4.78 is 10.5. The highest BCUT2D eigenvalue weighted by molar-refractivity contribution is 6.12. The Bertz CT molecular complexity index is 791. The van der Waals surface area contributed by atoms with Gasteiger partial charge in [-0.15, -0.1) is 0 Å². The highest BCUT2D eigenvalue weighted by Gasteiger charge is 2.39. The van der Waals surface area contributed by atoms with Crippen LogP contribution in [0.25, 0.3) is 0 Å². The van der Waals surface area contributed by atoms with E-state index in [0.717, 1.165) is 12.8 Å². The number of ether oxygens (including phenoxy) is 2. The number of carbonyl (C=O) groups excluding carboxylic acids is 1. The van der Waals surface area contributed by atoms with Crippen LogP contribution in [0, 0.1) is 0 Å². The summed E-state index contributed by atoms with van der Waals surface area (Å²) >= 11 is 0. The van der Waals surface area contributed by atoms with E-state index in [4.69, 9.17) is 9.47 Å². The minimum atomic E-state index is -0.260. The van der Waals surface area contributed by atoms with Crippen molar-refractivity contribution in [1.82, 2.24) is 15.0 Å². The van der Waals surface area contributed by atoms with Gasteiger partial charge in [-0.1, -0.05) is 0 Å². The highest BCUT2D eigenvalue weighted by Crippen LogP contribution is 2.46. The lowest BCUT2D eigenvalue weighted by atomic mass is 10.2. The molecule has 23 heavy (non-hydrogen) atoms. The van der Waals surface area contributed by atoms with E-state index in [1.807, 2.05) is 4.90 Å². The van der Waals surface area contributed by atoms with Gasteiger partial charge in [0.1, 0.15) is 11.5 Å². The summed E-state index contributed by atoms with van der Waals surface area (Å²) in [5, 5.41) is 2.84. The van der Waals surface area contributed by atoms with Gasteiger partial charge in [0.2, 0.25) is 5.88 Å². The topological polar surface area (TPSA) is 89.5 Å². The Morgan fingerprint density at radius 2 is 2.04 bits per heavy atom. The normalized spacial score (nSPS) is 16.1. The monoisotopic (exact) mass is 313 g/mol. The van der Waals surface area contributed by atoms with Crippen molar-refractivity contribution < 1.29 is 14.3 Å². The molecule has 4 rings (SSSR count). The number of hydrogen-bond acceptors (Lipinski definition) is 7. The molecule has 3 heterocycles. The molecule has 118 valence electrons. The van der Waals surface area contributed by atoms with Gasteiger partial charge < -0.3 is 19.7 Å². The second kappa shape index (κ2) is 5.08. The van der Waals surface area contributed by atoms with Gasteiger partial charge in [-0.2, -0.15) is 9.97 Å². The maximum Gasteiger partial charge on any atom is 0.321 e. The molecule has 0 aromatic carbocycles. The number of hydrogen-bond donors (Lipinski definition) is 1. The van der Waals surface area contributed by atoms with E-state index in [-0.39, 0.29) is 23.8 Å². The summed E-state index contributed by atoms with van der Waals surface area (Å²) in [7, 11) is 2.98. The molecule has 8 nitrogen and oxygen atoms in total. The summed E-state index contributed by atoms with van der Waals surface area (Å²) in [5.41, 5.74) is 0.932. The third-order valence-corrected chi connectivity index (χ3v) is 3.85. The van der Waals surface area contributed by atoms with Crippen molar-refractivity contribution in [3.8, 4) is 11.9 Å². The van der Waals surface area contributed by atoms with Crippen LogP contribution in [0.1, 0.15) is 23.2 Å². The van der Waals surface area contributed by atoms with Crippen molar-refractivity contribution in [1.29, 1.82) is 0 Å². The van der Waals surface area contributed by atoms with Gasteiger partial charge in [-0.3, -0.25) is 4.79 Å². The van der Waals surface area contributed by atoms with Crippen molar-refractivity contribution in [2.45, 2.75) is 18.9 Å². The lowest BCUT2D eigenvalue weighted by Crippen LogP contribution is -2.23. The largest absolute Gasteiger partial charge is 0.479 e. The molecule has 0 unspecified atom stereocenters. The van der Waals surface area contributed by atoms with Crippen molar-refractivity contribution >= 4 is 23.2 Å². The Labute approximate surface area is 132 Å². The molecule has 0 radical (unpaired) electrons. The van der Waals surface area contributed by atoms with Crippen LogP contribution in [-0.4, -0.2) is 41.1 Å². The summed E-state index contributed by atoms with van der Waals surface area (Å²) in [6.45, 7) is 0. The van der Waals surface area contributed by atoms with Crippen molar-refractivity contribution in [2.75, 3.05) is 24.4 Å². The second-order valence-electron chi connectivity index (χ2n) is 5.35. The van der Waals surface area contributed by atoms with Gasteiger partial charge in [-0.05, 0) is 25.0 Å². The molecule has 8 heteroatoms. The van der Waals surface area contributed by atoms with Crippen LogP contribution in [0.3, 0.4) is 0 Å². The molecule has 0 atom stereocenters. The number of aromatic nitrogens is 3. The van der Waals surface area contributed by atoms with E-state index in [1.165, 1.54) is 14.2 Å². The fourth-order valence-electron chi connectivity index (χ4n) is 2.66. The van der Waals surface area contributed by atoms with Crippen LogP contribution < -0.4 is 19.7 Å². The Hall–Kier alpha value is -2.90. The van der Waals surface area contributed by atoms with Gasteiger partial charge in [-0.25, -0.2) is 4.98 Å². The number of nitrogens with one attached hydrogen (secondary N) is 1. The predicted molar refractivity (Wildman–Crippen MR) is 82.5 cm³/mol. The average Bonchev–Trinajstić information content (AvgIpc) is 3.41. The van der Waals surface area contributed by atoms with Gasteiger partial charge in [0.05, 0.1) is 19.8 Å². The van der Waals surface area contributed by atoms with Crippen molar-refractivity contribution in [3.63, 3.8) is 0 Å². The molecule has 2 aromatic heterocycles. The smallest absolute Gasteiger partial charge is 0.321 e. The fourth-order valence-corrected chi connectivity index (χ4v) is 2.66. The van der Waals surface area contributed by atoms with E-state index >= 15 is 0 Å². The summed E-state index contributed by atoms with van der Waals surface area (Å²) in [5.74, 6) is 1.14. The van der Waals surface area contributed by atoms with Gasteiger partial charge in [0.25, 0.3) is 5.91 Å². The highest BCUT2D eigenvalue weighted by atomic mass is 16.5. The van der Waals surface area contributed by atoms with E-state index in [0.29, 0.717) is 22.9 Å². The lowest BCUT2D eigenvalue weighted by molar-refractivity contribution is 0.102. The van der Waals surface area contributed by atoms with Crippen molar-refractivity contribution in [2.24, 2.45) is 0 Å². The molecule has 2 aromatic rings. The van der Waals surface area contributed by atoms with Gasteiger partial charge >= 0.3 is 6.01 Å². The molecule has 1 fully saturated rings. The van der Waals surface area contributed by atoms with E-state index in [2.05, 4.69) is 20.3 Å². The van der Waals surface area contributed by atoms with E-state index < -0.39 is 0 Å². The molecular weight excluding hydrogens is 298 g/mol.